The third-order valence-electron chi connectivity index (χ3n) is 2.31. The highest BCUT2D eigenvalue weighted by Crippen LogP contribution is 2.32. The van der Waals surface area contributed by atoms with Crippen LogP contribution in [0.25, 0.3) is 0 Å². The van der Waals surface area contributed by atoms with Crippen LogP contribution >= 0.6 is 11.6 Å². The molecule has 2 aromatic heterocycles. The molecular weight excluding hydrogens is 295 g/mol. The predicted molar refractivity (Wildman–Crippen MR) is 68.0 cm³/mol. The molecule has 0 atom stereocenters. The highest BCUT2D eigenvalue weighted by molar-refractivity contribution is 6.32. The van der Waals surface area contributed by atoms with E-state index >= 15 is 0 Å². The Balaban J connectivity index is 2.11. The Bertz CT molecular complexity index is 617. The van der Waals surface area contributed by atoms with Gasteiger partial charge >= 0.3 is 6.18 Å². The molecule has 2 aromatic rings. The fourth-order valence-electron chi connectivity index (χ4n) is 1.39. The topological polar surface area (TPSA) is 76.7 Å². The summed E-state index contributed by atoms with van der Waals surface area (Å²) in [5.41, 5.74) is 4.57. The second kappa shape index (κ2) is 5.49. The standard InChI is InChI=1S/C11H9ClF3N5/c12-7-3-6(11(13,14)15)4-18-10(7)19-5-9-17-2-1-8(16)20-9/h1-4H,5H2,(H,18,19)(H2,16,17,20). The van der Waals surface area contributed by atoms with E-state index in [0.717, 1.165) is 6.07 Å². The number of nitrogen functional groups attached to an aromatic ring is 1. The van der Waals surface area contributed by atoms with Crippen molar-refractivity contribution in [3.8, 4) is 0 Å². The van der Waals surface area contributed by atoms with E-state index in [1.165, 1.54) is 12.3 Å². The van der Waals surface area contributed by atoms with Crippen molar-refractivity contribution in [1.29, 1.82) is 0 Å². The lowest BCUT2D eigenvalue weighted by atomic mass is 10.3. The van der Waals surface area contributed by atoms with Gasteiger partial charge in [-0.3, -0.25) is 0 Å². The first-order valence-corrected chi connectivity index (χ1v) is 5.78. The molecule has 0 radical (unpaired) electrons. The number of pyridine rings is 1. The minimum atomic E-state index is -4.48. The molecule has 0 saturated heterocycles. The molecule has 0 saturated carbocycles. The van der Waals surface area contributed by atoms with E-state index in [1.54, 1.807) is 0 Å². The van der Waals surface area contributed by atoms with Gasteiger partial charge in [-0.15, -0.1) is 0 Å². The van der Waals surface area contributed by atoms with Crippen LogP contribution in [0.1, 0.15) is 11.4 Å². The Kier molecular flexibility index (Phi) is 3.93. The van der Waals surface area contributed by atoms with Gasteiger partial charge in [0.05, 0.1) is 17.1 Å². The quantitative estimate of drug-likeness (QED) is 0.911. The van der Waals surface area contributed by atoms with Gasteiger partial charge in [0.2, 0.25) is 0 Å². The molecular formula is C11H9ClF3N5. The molecule has 2 rings (SSSR count). The molecule has 20 heavy (non-hydrogen) atoms. The average molecular weight is 304 g/mol. The number of hydrogen-bond acceptors (Lipinski definition) is 5. The van der Waals surface area contributed by atoms with Crippen molar-refractivity contribution < 1.29 is 13.2 Å². The fraction of sp³-hybridized carbons (Fsp3) is 0.182. The Hall–Kier alpha value is -2.09. The number of nitrogens with zero attached hydrogens (tertiary/aromatic N) is 3. The third-order valence-corrected chi connectivity index (χ3v) is 2.60. The van der Waals surface area contributed by atoms with Crippen LogP contribution in [0.2, 0.25) is 5.02 Å². The minimum absolute atomic E-state index is 0.116. The largest absolute Gasteiger partial charge is 0.417 e. The summed E-state index contributed by atoms with van der Waals surface area (Å²) >= 11 is 5.74. The first-order valence-electron chi connectivity index (χ1n) is 5.40. The van der Waals surface area contributed by atoms with E-state index in [4.69, 9.17) is 17.3 Å². The number of nitrogens with two attached hydrogens (primary N) is 1. The summed E-state index contributed by atoms with van der Waals surface area (Å²) in [6.07, 6.45) is -2.30. The molecule has 0 fully saturated rings. The van der Waals surface area contributed by atoms with E-state index in [0.29, 0.717) is 17.8 Å². The lowest BCUT2D eigenvalue weighted by Crippen LogP contribution is -2.09. The SMILES string of the molecule is Nc1ccnc(CNc2ncc(C(F)(F)F)cc2Cl)n1. The zero-order valence-electron chi connectivity index (χ0n) is 9.95. The molecule has 0 aromatic carbocycles. The van der Waals surface area contributed by atoms with Gasteiger partial charge in [-0.05, 0) is 12.1 Å². The van der Waals surface area contributed by atoms with Crippen LogP contribution in [0.5, 0.6) is 0 Å². The molecule has 2 heterocycles. The van der Waals surface area contributed by atoms with Crippen LogP contribution in [-0.2, 0) is 12.7 Å². The number of aromatic nitrogens is 3. The summed E-state index contributed by atoms with van der Waals surface area (Å²) in [7, 11) is 0. The number of anilines is 2. The van der Waals surface area contributed by atoms with Crippen LogP contribution in [0.15, 0.2) is 24.5 Å². The first kappa shape index (κ1) is 14.3. The van der Waals surface area contributed by atoms with Crippen LogP contribution in [0.4, 0.5) is 24.8 Å². The van der Waals surface area contributed by atoms with Crippen molar-refractivity contribution >= 4 is 23.2 Å². The fourth-order valence-corrected chi connectivity index (χ4v) is 1.62. The van der Waals surface area contributed by atoms with Crippen LogP contribution in [0, 0.1) is 0 Å². The maximum absolute atomic E-state index is 12.4. The molecule has 0 aliphatic rings. The van der Waals surface area contributed by atoms with Crippen LogP contribution < -0.4 is 11.1 Å². The summed E-state index contributed by atoms with van der Waals surface area (Å²) in [6, 6.07) is 2.32. The zero-order valence-corrected chi connectivity index (χ0v) is 10.7. The van der Waals surface area contributed by atoms with Gasteiger partial charge in [0, 0.05) is 12.4 Å². The van der Waals surface area contributed by atoms with Crippen molar-refractivity contribution in [2.24, 2.45) is 0 Å². The zero-order chi connectivity index (χ0) is 14.8. The van der Waals surface area contributed by atoms with Crippen molar-refractivity contribution in [1.82, 2.24) is 15.0 Å². The lowest BCUT2D eigenvalue weighted by molar-refractivity contribution is -0.137. The summed E-state index contributed by atoms with van der Waals surface area (Å²) in [4.78, 5) is 11.5. The Morgan fingerprint density at radius 2 is 2.05 bits per heavy atom. The van der Waals surface area contributed by atoms with Gasteiger partial charge in [0.1, 0.15) is 17.5 Å². The molecule has 0 unspecified atom stereocenters. The molecule has 106 valence electrons. The number of halogens is 4. The number of rotatable bonds is 3. The van der Waals surface area contributed by atoms with E-state index in [9.17, 15) is 13.2 Å². The molecule has 0 spiro atoms. The van der Waals surface area contributed by atoms with E-state index < -0.39 is 11.7 Å². The molecule has 3 N–H and O–H groups in total. The predicted octanol–water partition coefficient (Wildman–Crippen LogP) is 2.74. The van der Waals surface area contributed by atoms with Crippen LogP contribution in [-0.4, -0.2) is 15.0 Å². The smallest absolute Gasteiger partial charge is 0.384 e. The first-order chi connectivity index (χ1) is 9.36. The van der Waals surface area contributed by atoms with Crippen molar-refractivity contribution in [2.75, 3.05) is 11.1 Å². The average Bonchev–Trinajstić information content (AvgIpc) is 2.36. The van der Waals surface area contributed by atoms with E-state index in [-0.39, 0.29) is 17.4 Å². The molecule has 0 aliphatic heterocycles. The molecule has 0 bridgehead atoms. The summed E-state index contributed by atoms with van der Waals surface area (Å²) in [5, 5.41) is 2.61. The minimum Gasteiger partial charge on any atom is -0.384 e. The molecule has 0 aliphatic carbocycles. The Morgan fingerprint density at radius 1 is 1.30 bits per heavy atom. The highest BCUT2D eigenvalue weighted by Gasteiger charge is 2.31. The van der Waals surface area contributed by atoms with Gasteiger partial charge in [-0.25, -0.2) is 15.0 Å². The lowest BCUT2D eigenvalue weighted by Gasteiger charge is -2.10. The Labute approximate surface area is 117 Å². The molecule has 9 heteroatoms. The van der Waals surface area contributed by atoms with E-state index in [2.05, 4.69) is 20.3 Å². The summed E-state index contributed by atoms with van der Waals surface area (Å²) in [5.74, 6) is 0.789. The monoisotopic (exact) mass is 303 g/mol. The second-order valence-electron chi connectivity index (χ2n) is 3.80. The van der Waals surface area contributed by atoms with Crippen molar-refractivity contribution in [3.05, 3.63) is 40.9 Å². The Morgan fingerprint density at radius 3 is 2.65 bits per heavy atom. The van der Waals surface area contributed by atoms with Gasteiger partial charge in [0.25, 0.3) is 0 Å². The summed E-state index contributed by atoms with van der Waals surface area (Å²) < 4.78 is 37.3. The van der Waals surface area contributed by atoms with Gasteiger partial charge in [0.15, 0.2) is 0 Å². The van der Waals surface area contributed by atoms with Gasteiger partial charge in [-0.1, -0.05) is 11.6 Å². The molecule has 0 amide bonds. The van der Waals surface area contributed by atoms with Crippen molar-refractivity contribution in [2.45, 2.75) is 12.7 Å². The maximum atomic E-state index is 12.4. The normalized spacial score (nSPS) is 11.4. The van der Waals surface area contributed by atoms with Gasteiger partial charge in [-0.2, -0.15) is 13.2 Å². The summed E-state index contributed by atoms with van der Waals surface area (Å²) in [6.45, 7) is 0.142. The van der Waals surface area contributed by atoms with Crippen molar-refractivity contribution in [3.63, 3.8) is 0 Å². The maximum Gasteiger partial charge on any atom is 0.417 e. The molecule has 5 nitrogen and oxygen atoms in total. The van der Waals surface area contributed by atoms with E-state index in [1.807, 2.05) is 0 Å². The second-order valence-corrected chi connectivity index (χ2v) is 4.21. The third kappa shape index (κ3) is 3.47. The number of hydrogen-bond donors (Lipinski definition) is 2. The highest BCUT2D eigenvalue weighted by atomic mass is 35.5. The van der Waals surface area contributed by atoms with Gasteiger partial charge < -0.3 is 11.1 Å². The number of alkyl halides is 3. The number of nitrogens with one attached hydrogen (secondary N) is 1. The van der Waals surface area contributed by atoms with Crippen LogP contribution in [0.3, 0.4) is 0 Å².